The number of nitrogens with one attached hydrogen (secondary N) is 3. The Morgan fingerprint density at radius 1 is 1.11 bits per heavy atom. The third-order valence-corrected chi connectivity index (χ3v) is 8.22. The molecule has 0 aliphatic carbocycles. The van der Waals surface area contributed by atoms with Crippen LogP contribution in [-0.4, -0.2) is 56.5 Å². The molecule has 1 fully saturated rings. The number of benzene rings is 2. The van der Waals surface area contributed by atoms with E-state index < -0.39 is 7.14 Å². The first-order valence-electron chi connectivity index (χ1n) is 12.1. The summed E-state index contributed by atoms with van der Waals surface area (Å²) in [6, 6.07) is 13.3. The predicted molar refractivity (Wildman–Crippen MR) is 151 cm³/mol. The lowest BCUT2D eigenvalue weighted by Gasteiger charge is -2.33. The highest BCUT2D eigenvalue weighted by molar-refractivity contribution is 7.70. The largest absolute Gasteiger partial charge is 0.494 e. The molecule has 1 amide bonds. The number of hydrogen-bond acceptors (Lipinski definition) is 8. The Kier molecular flexibility index (Phi) is 8.25. The van der Waals surface area contributed by atoms with Gasteiger partial charge in [-0.15, -0.1) is 0 Å². The third-order valence-electron chi connectivity index (χ3n) is 6.39. The van der Waals surface area contributed by atoms with Crippen LogP contribution < -0.4 is 30.9 Å². The lowest BCUT2D eigenvalue weighted by molar-refractivity contribution is -0.125. The molecule has 0 unspecified atom stereocenters. The Bertz CT molecular complexity index is 1320. The topological polar surface area (TPSA) is 108 Å². The number of halogens is 1. The fraction of sp³-hybridized carbons (Fsp3) is 0.346. The number of hydrogen-bond donors (Lipinski definition) is 3. The van der Waals surface area contributed by atoms with Gasteiger partial charge in [-0.25, -0.2) is 4.98 Å². The van der Waals surface area contributed by atoms with E-state index in [1.54, 1.807) is 27.5 Å². The van der Waals surface area contributed by atoms with Gasteiger partial charge in [0.2, 0.25) is 11.9 Å². The molecule has 2 heterocycles. The van der Waals surface area contributed by atoms with Crippen molar-refractivity contribution in [3.05, 3.63) is 53.7 Å². The first-order valence-corrected chi connectivity index (χ1v) is 15.0. The minimum atomic E-state index is -2.52. The molecule has 1 saturated heterocycles. The van der Waals surface area contributed by atoms with Crippen LogP contribution >= 0.6 is 18.7 Å². The van der Waals surface area contributed by atoms with Crippen molar-refractivity contribution >= 4 is 58.8 Å². The summed E-state index contributed by atoms with van der Waals surface area (Å²) in [6.07, 6.45) is 3.13. The van der Waals surface area contributed by atoms with Crippen molar-refractivity contribution in [2.75, 3.05) is 56.1 Å². The Morgan fingerprint density at radius 3 is 2.51 bits per heavy atom. The molecular weight excluding hydrogens is 511 g/mol. The third kappa shape index (κ3) is 6.35. The van der Waals surface area contributed by atoms with Crippen molar-refractivity contribution in [1.29, 1.82) is 0 Å². The number of para-hydroxylation sites is 1. The summed E-state index contributed by atoms with van der Waals surface area (Å²) in [7, 11) is 0.779. The van der Waals surface area contributed by atoms with Gasteiger partial charge in [0.05, 0.1) is 24.7 Å². The SMILES string of the molecule is CNC(=O)C1CCN(c2ccc(Nc3ncc(Cl)c(Nc4ccccc4P(C)(C)=O)n3)c(OC)c2)CC1. The fourth-order valence-corrected chi connectivity index (χ4v) is 5.69. The average molecular weight is 543 g/mol. The van der Waals surface area contributed by atoms with Gasteiger partial charge in [0, 0.05) is 43.1 Å². The zero-order chi connectivity index (χ0) is 26.6. The lowest BCUT2D eigenvalue weighted by atomic mass is 9.95. The molecule has 2 aromatic carbocycles. The first kappa shape index (κ1) is 26.8. The van der Waals surface area contributed by atoms with E-state index in [9.17, 15) is 9.36 Å². The number of ether oxygens (including phenoxy) is 1. The summed E-state index contributed by atoms with van der Waals surface area (Å²) in [5.74, 6) is 1.54. The maximum Gasteiger partial charge on any atom is 0.229 e. The van der Waals surface area contributed by atoms with E-state index in [0.717, 1.165) is 36.9 Å². The maximum atomic E-state index is 12.7. The number of carbonyl (C=O) groups is 1. The number of carbonyl (C=O) groups excluding carboxylic acids is 1. The van der Waals surface area contributed by atoms with Gasteiger partial charge in [-0.3, -0.25) is 4.79 Å². The number of amides is 1. The zero-order valence-electron chi connectivity index (χ0n) is 21.4. The van der Waals surface area contributed by atoms with Gasteiger partial charge in [-0.05, 0) is 50.4 Å². The Labute approximate surface area is 222 Å². The second kappa shape index (κ2) is 11.4. The molecule has 0 bridgehead atoms. The van der Waals surface area contributed by atoms with Crippen molar-refractivity contribution in [1.82, 2.24) is 15.3 Å². The van der Waals surface area contributed by atoms with E-state index >= 15 is 0 Å². The van der Waals surface area contributed by atoms with Crippen LogP contribution in [0.2, 0.25) is 5.02 Å². The van der Waals surface area contributed by atoms with Crippen molar-refractivity contribution in [2.24, 2.45) is 5.92 Å². The number of aromatic nitrogens is 2. The molecule has 4 rings (SSSR count). The molecule has 11 heteroatoms. The standard InChI is InChI=1S/C26H32ClN6O3P/c1-28-25(34)17-11-13-33(14-12-17)18-9-10-20(22(15-18)36-2)31-26-29-16-19(27)24(32-26)30-21-7-5-6-8-23(21)37(3,4)35/h5-10,15-17H,11-14H2,1-4H3,(H,28,34)(H2,29,30,31,32). The van der Waals surface area contributed by atoms with Crippen molar-refractivity contribution in [3.8, 4) is 5.75 Å². The van der Waals surface area contributed by atoms with E-state index in [1.807, 2.05) is 42.5 Å². The molecule has 1 aliphatic rings. The van der Waals surface area contributed by atoms with Gasteiger partial charge in [-0.1, -0.05) is 23.7 Å². The quantitative estimate of drug-likeness (QED) is 0.347. The minimum absolute atomic E-state index is 0.0579. The molecule has 3 N–H and O–H groups in total. The number of anilines is 5. The van der Waals surface area contributed by atoms with E-state index in [2.05, 4.69) is 30.8 Å². The van der Waals surface area contributed by atoms with Gasteiger partial charge in [0.15, 0.2) is 5.82 Å². The monoisotopic (exact) mass is 542 g/mol. The van der Waals surface area contributed by atoms with Gasteiger partial charge in [0.25, 0.3) is 0 Å². The molecule has 3 aromatic rings. The highest BCUT2D eigenvalue weighted by Gasteiger charge is 2.25. The van der Waals surface area contributed by atoms with Crippen LogP contribution in [0.1, 0.15) is 12.8 Å². The summed E-state index contributed by atoms with van der Waals surface area (Å²) in [5.41, 5.74) is 2.41. The molecule has 1 aromatic heterocycles. The average Bonchev–Trinajstić information content (AvgIpc) is 2.90. The van der Waals surface area contributed by atoms with Crippen LogP contribution in [0.25, 0.3) is 0 Å². The normalized spacial score (nSPS) is 14.2. The number of nitrogens with zero attached hydrogens (tertiary/aromatic N) is 3. The van der Waals surface area contributed by atoms with Gasteiger partial charge in [-0.2, -0.15) is 4.98 Å². The van der Waals surface area contributed by atoms with E-state index in [-0.39, 0.29) is 11.8 Å². The molecule has 0 spiro atoms. The molecule has 196 valence electrons. The molecular formula is C26H32ClN6O3P. The lowest BCUT2D eigenvalue weighted by Crippen LogP contribution is -2.39. The number of piperidine rings is 1. The second-order valence-corrected chi connectivity index (χ2v) is 12.9. The molecule has 0 radical (unpaired) electrons. The van der Waals surface area contributed by atoms with Crippen LogP contribution in [0, 0.1) is 5.92 Å². The van der Waals surface area contributed by atoms with Crippen LogP contribution in [0.5, 0.6) is 5.75 Å². The van der Waals surface area contributed by atoms with Gasteiger partial charge < -0.3 is 30.2 Å². The highest BCUT2D eigenvalue weighted by Crippen LogP contribution is 2.39. The first-order chi connectivity index (χ1) is 17.7. The summed E-state index contributed by atoms with van der Waals surface area (Å²) >= 11 is 6.38. The zero-order valence-corrected chi connectivity index (χ0v) is 23.1. The van der Waals surface area contributed by atoms with Crippen LogP contribution in [-0.2, 0) is 9.36 Å². The Morgan fingerprint density at radius 2 is 1.84 bits per heavy atom. The summed E-state index contributed by atoms with van der Waals surface area (Å²) < 4.78 is 18.4. The summed E-state index contributed by atoms with van der Waals surface area (Å²) in [6.45, 7) is 5.05. The van der Waals surface area contributed by atoms with Crippen LogP contribution in [0.15, 0.2) is 48.7 Å². The van der Waals surface area contributed by atoms with Crippen molar-refractivity contribution in [3.63, 3.8) is 0 Å². The summed E-state index contributed by atoms with van der Waals surface area (Å²) in [4.78, 5) is 23.1. The smallest absolute Gasteiger partial charge is 0.229 e. The fourth-order valence-electron chi connectivity index (χ4n) is 4.40. The van der Waals surface area contributed by atoms with Crippen LogP contribution in [0.3, 0.4) is 0 Å². The van der Waals surface area contributed by atoms with Crippen molar-refractivity contribution < 1.29 is 14.1 Å². The molecule has 9 nitrogen and oxygen atoms in total. The molecule has 0 saturated carbocycles. The van der Waals surface area contributed by atoms with Gasteiger partial charge >= 0.3 is 0 Å². The Balaban J connectivity index is 1.52. The Hall–Kier alpha value is -3.29. The molecule has 0 atom stereocenters. The van der Waals surface area contributed by atoms with E-state index in [4.69, 9.17) is 16.3 Å². The van der Waals surface area contributed by atoms with E-state index in [0.29, 0.717) is 33.9 Å². The number of rotatable bonds is 8. The van der Waals surface area contributed by atoms with Crippen LogP contribution in [0.4, 0.5) is 28.8 Å². The number of methoxy groups -OCH3 is 1. The highest BCUT2D eigenvalue weighted by atomic mass is 35.5. The van der Waals surface area contributed by atoms with Crippen molar-refractivity contribution in [2.45, 2.75) is 12.8 Å². The molecule has 37 heavy (non-hydrogen) atoms. The van der Waals surface area contributed by atoms with E-state index in [1.165, 1.54) is 6.20 Å². The molecule has 1 aliphatic heterocycles. The summed E-state index contributed by atoms with van der Waals surface area (Å²) in [5, 5.41) is 10.2. The van der Waals surface area contributed by atoms with Gasteiger partial charge in [0.1, 0.15) is 17.9 Å². The maximum absolute atomic E-state index is 12.7. The predicted octanol–water partition coefficient (Wildman–Crippen LogP) is 4.84. The second-order valence-electron chi connectivity index (χ2n) is 9.27. The minimum Gasteiger partial charge on any atom is -0.494 e.